The van der Waals surface area contributed by atoms with Crippen molar-refractivity contribution in [2.45, 2.75) is 56.7 Å². The summed E-state index contributed by atoms with van der Waals surface area (Å²) in [6.45, 7) is 1.97. The first kappa shape index (κ1) is 15.0. The monoisotopic (exact) mass is 308 g/mol. The molecule has 3 atom stereocenters. The van der Waals surface area contributed by atoms with Gasteiger partial charge in [-0.05, 0) is 37.2 Å². The summed E-state index contributed by atoms with van der Waals surface area (Å²) in [6.07, 6.45) is 4.22. The lowest BCUT2D eigenvalue weighted by molar-refractivity contribution is 0.345. The highest BCUT2D eigenvalue weighted by Gasteiger charge is 2.35. The van der Waals surface area contributed by atoms with Gasteiger partial charge in [0.1, 0.15) is 0 Å². The molecule has 0 aliphatic carbocycles. The van der Waals surface area contributed by atoms with Gasteiger partial charge in [-0.1, -0.05) is 37.3 Å². The highest BCUT2D eigenvalue weighted by molar-refractivity contribution is 7.89. The van der Waals surface area contributed by atoms with Crippen LogP contribution in [-0.4, -0.2) is 32.3 Å². The summed E-state index contributed by atoms with van der Waals surface area (Å²) >= 11 is 0. The summed E-state index contributed by atoms with van der Waals surface area (Å²) in [7, 11) is -3.23. The molecule has 1 aromatic carbocycles. The van der Waals surface area contributed by atoms with Crippen molar-refractivity contribution in [3.8, 4) is 0 Å². The van der Waals surface area contributed by atoms with Crippen molar-refractivity contribution < 1.29 is 8.42 Å². The highest BCUT2D eigenvalue weighted by Crippen LogP contribution is 2.27. The molecule has 3 rings (SSSR count). The molecule has 4 nitrogen and oxygen atoms in total. The standard InChI is InChI=1S/C16H24N2O2S/c1-12(13-5-3-2-4-6-13)11-21(19,20)18-16-9-14-7-8-15(10-16)17-14/h2-6,12,14-18H,7-11H2,1H3. The molecule has 21 heavy (non-hydrogen) atoms. The Kier molecular flexibility index (Phi) is 4.33. The number of hydrogen-bond donors (Lipinski definition) is 2. The van der Waals surface area contributed by atoms with E-state index in [-0.39, 0.29) is 17.7 Å². The number of benzene rings is 1. The fourth-order valence-corrected chi connectivity index (χ4v) is 5.31. The average Bonchev–Trinajstić information content (AvgIpc) is 2.78. The van der Waals surface area contributed by atoms with Gasteiger partial charge in [0.2, 0.25) is 10.0 Å². The summed E-state index contributed by atoms with van der Waals surface area (Å²) in [5.41, 5.74) is 1.08. The molecule has 0 saturated carbocycles. The van der Waals surface area contributed by atoms with Crippen LogP contribution in [-0.2, 0) is 10.0 Å². The predicted octanol–water partition coefficient (Wildman–Crippen LogP) is 1.99. The molecule has 0 amide bonds. The van der Waals surface area contributed by atoms with Crippen molar-refractivity contribution in [1.29, 1.82) is 0 Å². The van der Waals surface area contributed by atoms with E-state index in [4.69, 9.17) is 0 Å². The molecule has 1 aromatic rings. The Balaban J connectivity index is 1.59. The van der Waals surface area contributed by atoms with Crippen LogP contribution in [0, 0.1) is 0 Å². The highest BCUT2D eigenvalue weighted by atomic mass is 32.2. The molecule has 0 aromatic heterocycles. The molecule has 0 spiro atoms. The molecule has 116 valence electrons. The smallest absolute Gasteiger partial charge is 0.212 e. The first-order valence-electron chi connectivity index (χ1n) is 7.83. The number of rotatable bonds is 5. The maximum absolute atomic E-state index is 12.4. The molecular formula is C16H24N2O2S. The van der Waals surface area contributed by atoms with Gasteiger partial charge in [-0.2, -0.15) is 0 Å². The van der Waals surface area contributed by atoms with E-state index >= 15 is 0 Å². The molecule has 5 heteroatoms. The number of piperidine rings is 1. The van der Waals surface area contributed by atoms with Crippen molar-refractivity contribution in [2.75, 3.05) is 5.75 Å². The van der Waals surface area contributed by atoms with E-state index in [1.807, 2.05) is 37.3 Å². The van der Waals surface area contributed by atoms with Gasteiger partial charge in [-0.3, -0.25) is 0 Å². The van der Waals surface area contributed by atoms with Crippen LogP contribution in [0.4, 0.5) is 0 Å². The Labute approximate surface area is 127 Å². The Morgan fingerprint density at radius 2 is 1.81 bits per heavy atom. The summed E-state index contributed by atoms with van der Waals surface area (Å²) < 4.78 is 27.7. The minimum absolute atomic E-state index is 0.0159. The van der Waals surface area contributed by atoms with Crippen LogP contribution in [0.5, 0.6) is 0 Å². The first-order valence-corrected chi connectivity index (χ1v) is 9.48. The van der Waals surface area contributed by atoms with Gasteiger partial charge in [-0.15, -0.1) is 0 Å². The van der Waals surface area contributed by atoms with E-state index in [0.29, 0.717) is 12.1 Å². The van der Waals surface area contributed by atoms with E-state index in [1.165, 1.54) is 12.8 Å². The predicted molar refractivity (Wildman–Crippen MR) is 84.7 cm³/mol. The molecule has 2 fully saturated rings. The molecule has 0 radical (unpaired) electrons. The van der Waals surface area contributed by atoms with Crippen molar-refractivity contribution >= 4 is 10.0 Å². The first-order chi connectivity index (χ1) is 10.0. The fraction of sp³-hybridized carbons (Fsp3) is 0.625. The van der Waals surface area contributed by atoms with Crippen molar-refractivity contribution in [1.82, 2.24) is 10.0 Å². The van der Waals surface area contributed by atoms with Crippen LogP contribution < -0.4 is 10.0 Å². The van der Waals surface area contributed by atoms with E-state index in [9.17, 15) is 8.42 Å². The zero-order valence-electron chi connectivity index (χ0n) is 12.5. The number of hydrogen-bond acceptors (Lipinski definition) is 3. The average molecular weight is 308 g/mol. The van der Waals surface area contributed by atoms with Gasteiger partial charge in [0, 0.05) is 18.1 Å². The fourth-order valence-electron chi connectivity index (χ4n) is 3.66. The third-order valence-electron chi connectivity index (χ3n) is 4.66. The normalized spacial score (nSPS) is 30.2. The van der Waals surface area contributed by atoms with Crippen molar-refractivity contribution in [3.63, 3.8) is 0 Å². The summed E-state index contributed by atoms with van der Waals surface area (Å²) in [4.78, 5) is 0. The van der Waals surface area contributed by atoms with Crippen molar-refractivity contribution in [2.24, 2.45) is 0 Å². The van der Waals surface area contributed by atoms with Crippen LogP contribution in [0.3, 0.4) is 0 Å². The maximum Gasteiger partial charge on any atom is 0.212 e. The molecule has 2 aliphatic rings. The van der Waals surface area contributed by atoms with E-state index in [1.54, 1.807) is 0 Å². The minimum atomic E-state index is -3.23. The SMILES string of the molecule is CC(CS(=O)(=O)NC1CC2CCC(C1)N2)c1ccccc1. The van der Waals surface area contributed by atoms with Crippen LogP contribution in [0.15, 0.2) is 30.3 Å². The largest absolute Gasteiger partial charge is 0.311 e. The second-order valence-corrected chi connectivity index (χ2v) is 8.32. The summed E-state index contributed by atoms with van der Waals surface area (Å²) in [6, 6.07) is 11.0. The van der Waals surface area contributed by atoms with Crippen LogP contribution in [0.2, 0.25) is 0 Å². The summed E-state index contributed by atoms with van der Waals surface area (Å²) in [5.74, 6) is 0.179. The second kappa shape index (κ2) is 6.07. The van der Waals surface area contributed by atoms with Crippen LogP contribution in [0.25, 0.3) is 0 Å². The Morgan fingerprint density at radius 1 is 1.19 bits per heavy atom. The van der Waals surface area contributed by atoms with Gasteiger partial charge in [0.25, 0.3) is 0 Å². The topological polar surface area (TPSA) is 58.2 Å². The number of fused-ring (bicyclic) bond motifs is 2. The third-order valence-corrected chi connectivity index (χ3v) is 6.29. The number of sulfonamides is 1. The molecular weight excluding hydrogens is 284 g/mol. The molecule has 3 unspecified atom stereocenters. The lowest BCUT2D eigenvalue weighted by Crippen LogP contribution is -2.48. The molecule has 2 bridgehead atoms. The Bertz CT molecular complexity index is 561. The van der Waals surface area contributed by atoms with Gasteiger partial charge in [-0.25, -0.2) is 13.1 Å². The third kappa shape index (κ3) is 3.84. The maximum atomic E-state index is 12.4. The zero-order chi connectivity index (χ0) is 14.9. The van der Waals surface area contributed by atoms with Gasteiger partial charge >= 0.3 is 0 Å². The Morgan fingerprint density at radius 3 is 2.43 bits per heavy atom. The molecule has 2 N–H and O–H groups in total. The number of nitrogens with one attached hydrogen (secondary N) is 2. The molecule has 2 heterocycles. The molecule has 2 aliphatic heterocycles. The van der Waals surface area contributed by atoms with E-state index in [0.717, 1.165) is 18.4 Å². The lowest BCUT2D eigenvalue weighted by Gasteiger charge is -2.29. The quantitative estimate of drug-likeness (QED) is 0.874. The van der Waals surface area contributed by atoms with Crippen LogP contribution in [0.1, 0.15) is 44.1 Å². The Hall–Kier alpha value is -0.910. The summed E-state index contributed by atoms with van der Waals surface area (Å²) in [5, 5.41) is 3.54. The molecule has 2 saturated heterocycles. The van der Waals surface area contributed by atoms with Gasteiger partial charge < -0.3 is 5.32 Å². The van der Waals surface area contributed by atoms with E-state index < -0.39 is 10.0 Å². The van der Waals surface area contributed by atoms with Gasteiger partial charge in [0.05, 0.1) is 5.75 Å². The minimum Gasteiger partial charge on any atom is -0.311 e. The van der Waals surface area contributed by atoms with E-state index in [2.05, 4.69) is 10.0 Å². The second-order valence-electron chi connectivity index (χ2n) is 6.52. The van der Waals surface area contributed by atoms with Crippen molar-refractivity contribution in [3.05, 3.63) is 35.9 Å². The van der Waals surface area contributed by atoms with Gasteiger partial charge in [0.15, 0.2) is 0 Å². The lowest BCUT2D eigenvalue weighted by atomic mass is 10.0. The zero-order valence-corrected chi connectivity index (χ0v) is 13.3. The van der Waals surface area contributed by atoms with Crippen LogP contribution >= 0.6 is 0 Å².